The largest absolute Gasteiger partial charge is 0.493 e. The molecule has 0 saturated heterocycles. The Labute approximate surface area is 154 Å². The van der Waals surface area contributed by atoms with Crippen molar-refractivity contribution in [1.29, 1.82) is 5.26 Å². The predicted molar refractivity (Wildman–Crippen MR) is 91.4 cm³/mol. The van der Waals surface area contributed by atoms with Gasteiger partial charge in [-0.05, 0) is 36.4 Å². The minimum atomic E-state index is -0.514. The molecule has 0 aliphatic heterocycles. The quantitative estimate of drug-likeness (QED) is 0.487. The summed E-state index contributed by atoms with van der Waals surface area (Å²) < 4.78 is 28.4. The van der Waals surface area contributed by atoms with Crippen LogP contribution in [0, 0.1) is 17.1 Å². The minimum Gasteiger partial charge on any atom is -0.493 e. The molecule has 0 radical (unpaired) electrons. The summed E-state index contributed by atoms with van der Waals surface area (Å²) in [5, 5.41) is 12.7. The number of methoxy groups -OCH3 is 1. The summed E-state index contributed by atoms with van der Waals surface area (Å²) >= 11 is 0. The van der Waals surface area contributed by atoms with Gasteiger partial charge in [0.15, 0.2) is 11.5 Å². The summed E-state index contributed by atoms with van der Waals surface area (Å²) in [7, 11) is 1.42. The lowest BCUT2D eigenvalue weighted by Gasteiger charge is -2.08. The van der Waals surface area contributed by atoms with Gasteiger partial charge in [0.1, 0.15) is 5.82 Å². The summed E-state index contributed by atoms with van der Waals surface area (Å²) in [6, 6.07) is 12.2. The number of nitrogens with zero attached hydrogens (tertiary/aromatic N) is 3. The average molecular weight is 367 g/mol. The van der Waals surface area contributed by atoms with Gasteiger partial charge in [-0.3, -0.25) is 4.79 Å². The number of esters is 1. The Morgan fingerprint density at radius 2 is 2.00 bits per heavy atom. The van der Waals surface area contributed by atoms with E-state index in [4.69, 9.17) is 19.3 Å². The van der Waals surface area contributed by atoms with Gasteiger partial charge in [0.2, 0.25) is 11.7 Å². The van der Waals surface area contributed by atoms with Crippen LogP contribution in [0.4, 0.5) is 4.39 Å². The van der Waals surface area contributed by atoms with Crippen LogP contribution < -0.4 is 9.47 Å². The number of carbonyl (C=O) groups is 1. The number of aromatic nitrogens is 2. The first-order valence-corrected chi connectivity index (χ1v) is 7.96. The lowest BCUT2D eigenvalue weighted by Crippen LogP contribution is -2.10. The third-order valence-electron chi connectivity index (χ3n) is 3.63. The zero-order chi connectivity index (χ0) is 19.2. The molecule has 8 heteroatoms. The van der Waals surface area contributed by atoms with Crippen molar-refractivity contribution in [1.82, 2.24) is 10.1 Å². The monoisotopic (exact) mass is 367 g/mol. The maximum absolute atomic E-state index is 13.0. The first-order chi connectivity index (χ1) is 13.1. The van der Waals surface area contributed by atoms with Gasteiger partial charge in [-0.25, -0.2) is 4.39 Å². The average Bonchev–Trinajstić information content (AvgIpc) is 3.16. The van der Waals surface area contributed by atoms with Crippen molar-refractivity contribution < 1.29 is 23.2 Å². The van der Waals surface area contributed by atoms with Crippen molar-refractivity contribution in [3.05, 3.63) is 59.7 Å². The Balaban J connectivity index is 1.60. The molecule has 1 aromatic heterocycles. The normalized spacial score (nSPS) is 10.3. The van der Waals surface area contributed by atoms with E-state index in [0.717, 1.165) is 0 Å². The molecule has 0 bridgehead atoms. The summed E-state index contributed by atoms with van der Waals surface area (Å²) in [4.78, 5) is 16.2. The smallest absolute Gasteiger partial charge is 0.311 e. The van der Waals surface area contributed by atoms with E-state index in [1.165, 1.54) is 49.6 Å². The van der Waals surface area contributed by atoms with Crippen LogP contribution in [-0.4, -0.2) is 23.2 Å². The van der Waals surface area contributed by atoms with Gasteiger partial charge in [-0.2, -0.15) is 10.2 Å². The van der Waals surface area contributed by atoms with E-state index in [9.17, 15) is 9.18 Å². The fourth-order valence-corrected chi connectivity index (χ4v) is 2.28. The topological polar surface area (TPSA) is 98.2 Å². The Morgan fingerprint density at radius 3 is 2.70 bits per heavy atom. The van der Waals surface area contributed by atoms with Crippen LogP contribution >= 0.6 is 0 Å². The third-order valence-corrected chi connectivity index (χ3v) is 3.63. The molecule has 136 valence electrons. The summed E-state index contributed by atoms with van der Waals surface area (Å²) in [5.41, 5.74) is 1.00. The lowest BCUT2D eigenvalue weighted by atomic mass is 10.2. The number of rotatable bonds is 6. The van der Waals surface area contributed by atoms with Crippen LogP contribution in [0.1, 0.15) is 17.9 Å². The molecule has 0 spiro atoms. The number of benzene rings is 2. The second-order valence-corrected chi connectivity index (χ2v) is 5.47. The molecular weight excluding hydrogens is 353 g/mol. The first kappa shape index (κ1) is 18.1. The van der Waals surface area contributed by atoms with Crippen molar-refractivity contribution in [2.24, 2.45) is 0 Å². The molecule has 3 aromatic rings. The molecular formula is C19H14FN3O4. The number of hydrogen-bond donors (Lipinski definition) is 0. The summed E-state index contributed by atoms with van der Waals surface area (Å²) in [6.07, 6.45) is 0.194. The molecule has 0 amide bonds. The zero-order valence-electron chi connectivity index (χ0n) is 14.3. The Hall–Kier alpha value is -3.73. The van der Waals surface area contributed by atoms with Crippen LogP contribution in [0.25, 0.3) is 11.4 Å². The molecule has 27 heavy (non-hydrogen) atoms. The maximum Gasteiger partial charge on any atom is 0.311 e. The number of aryl methyl sites for hydroxylation is 1. The number of hydrogen-bond acceptors (Lipinski definition) is 7. The van der Waals surface area contributed by atoms with E-state index in [-0.39, 0.29) is 30.3 Å². The van der Waals surface area contributed by atoms with Gasteiger partial charge < -0.3 is 14.0 Å². The van der Waals surface area contributed by atoms with E-state index < -0.39 is 5.97 Å². The second kappa shape index (κ2) is 8.10. The highest BCUT2D eigenvalue weighted by atomic mass is 19.1. The van der Waals surface area contributed by atoms with Crippen molar-refractivity contribution in [2.75, 3.05) is 7.11 Å². The van der Waals surface area contributed by atoms with Crippen molar-refractivity contribution in [2.45, 2.75) is 12.8 Å². The Morgan fingerprint density at radius 1 is 1.22 bits per heavy atom. The number of halogens is 1. The number of ether oxygens (including phenoxy) is 2. The lowest BCUT2D eigenvalue weighted by molar-refractivity contribution is -0.134. The molecule has 0 aliphatic carbocycles. The van der Waals surface area contributed by atoms with Crippen LogP contribution in [-0.2, 0) is 11.2 Å². The SMILES string of the molecule is COc1cc(C#N)ccc1OC(=O)CCc1nc(-c2ccc(F)cc2)no1. The highest BCUT2D eigenvalue weighted by molar-refractivity contribution is 5.73. The summed E-state index contributed by atoms with van der Waals surface area (Å²) in [5.74, 6) is 0.214. The second-order valence-electron chi connectivity index (χ2n) is 5.47. The third kappa shape index (κ3) is 4.46. The highest BCUT2D eigenvalue weighted by Crippen LogP contribution is 2.28. The van der Waals surface area contributed by atoms with Crippen LogP contribution in [0.3, 0.4) is 0 Å². The molecule has 0 N–H and O–H groups in total. The number of nitriles is 1. The molecule has 1 heterocycles. The number of carbonyl (C=O) groups excluding carboxylic acids is 1. The predicted octanol–water partition coefficient (Wildman–Crippen LogP) is 3.29. The molecule has 3 rings (SSSR count). The van der Waals surface area contributed by atoms with Gasteiger partial charge in [-0.1, -0.05) is 5.16 Å². The van der Waals surface area contributed by atoms with Gasteiger partial charge >= 0.3 is 5.97 Å². The highest BCUT2D eigenvalue weighted by Gasteiger charge is 2.14. The van der Waals surface area contributed by atoms with E-state index in [0.29, 0.717) is 22.7 Å². The van der Waals surface area contributed by atoms with Crippen molar-refractivity contribution >= 4 is 5.97 Å². The van der Waals surface area contributed by atoms with E-state index in [1.54, 1.807) is 0 Å². The van der Waals surface area contributed by atoms with Gasteiger partial charge in [0.25, 0.3) is 0 Å². The Bertz CT molecular complexity index is 993. The minimum absolute atomic E-state index is 0.00814. The fourth-order valence-electron chi connectivity index (χ4n) is 2.28. The molecule has 0 saturated carbocycles. The Kier molecular flexibility index (Phi) is 5.42. The molecule has 0 fully saturated rings. The van der Waals surface area contributed by atoms with E-state index >= 15 is 0 Å². The van der Waals surface area contributed by atoms with Crippen LogP contribution in [0.2, 0.25) is 0 Å². The maximum atomic E-state index is 13.0. The molecule has 7 nitrogen and oxygen atoms in total. The van der Waals surface area contributed by atoms with Gasteiger partial charge in [-0.15, -0.1) is 0 Å². The van der Waals surface area contributed by atoms with Crippen molar-refractivity contribution in [3.8, 4) is 29.0 Å². The fraction of sp³-hybridized carbons (Fsp3) is 0.158. The zero-order valence-corrected chi connectivity index (χ0v) is 14.3. The molecule has 0 aliphatic rings. The standard InChI is InChI=1S/C19H14FN3O4/c1-25-16-10-12(11-21)2-7-15(16)26-18(24)9-8-17-22-19(23-27-17)13-3-5-14(20)6-4-13/h2-7,10H,8-9H2,1H3. The van der Waals surface area contributed by atoms with Gasteiger partial charge in [0.05, 0.1) is 25.2 Å². The van der Waals surface area contributed by atoms with Gasteiger partial charge in [0, 0.05) is 18.1 Å². The van der Waals surface area contributed by atoms with Crippen molar-refractivity contribution in [3.63, 3.8) is 0 Å². The summed E-state index contributed by atoms with van der Waals surface area (Å²) in [6.45, 7) is 0. The van der Waals surface area contributed by atoms with E-state index in [2.05, 4.69) is 10.1 Å². The van der Waals surface area contributed by atoms with E-state index in [1.807, 2.05) is 6.07 Å². The van der Waals surface area contributed by atoms with Crippen LogP contribution in [0.5, 0.6) is 11.5 Å². The first-order valence-electron chi connectivity index (χ1n) is 7.96. The van der Waals surface area contributed by atoms with Crippen LogP contribution in [0.15, 0.2) is 47.0 Å². The molecule has 2 aromatic carbocycles. The molecule has 0 atom stereocenters. The molecule has 0 unspecified atom stereocenters.